The van der Waals surface area contributed by atoms with Crippen molar-refractivity contribution in [3.63, 3.8) is 0 Å². The summed E-state index contributed by atoms with van der Waals surface area (Å²) < 4.78 is 47.1. The highest BCUT2D eigenvalue weighted by molar-refractivity contribution is 8.11. The van der Waals surface area contributed by atoms with E-state index in [0.717, 1.165) is 10.8 Å². The van der Waals surface area contributed by atoms with Gasteiger partial charge in [-0.05, 0) is 11.8 Å². The van der Waals surface area contributed by atoms with Gasteiger partial charge < -0.3 is 33.8 Å². The fourth-order valence-corrected chi connectivity index (χ4v) is 9.20. The van der Waals surface area contributed by atoms with Crippen molar-refractivity contribution in [3.8, 4) is 0 Å². The molecule has 2 aliphatic rings. The smallest absolute Gasteiger partial charge is 0.387 e. The molecule has 6 atom stereocenters. The number of rotatable bonds is 4. The summed E-state index contributed by atoms with van der Waals surface area (Å²) in [6, 6.07) is 0. The number of H-pyrrole nitrogens is 1. The molecule has 0 bridgehead atoms. The van der Waals surface area contributed by atoms with Crippen molar-refractivity contribution in [1.29, 1.82) is 0 Å². The summed E-state index contributed by atoms with van der Waals surface area (Å²) in [7, 11) is -8.75. The van der Waals surface area contributed by atoms with Crippen LogP contribution in [0.2, 0.25) is 0 Å². The van der Waals surface area contributed by atoms with Gasteiger partial charge in [0.1, 0.15) is 24.4 Å². The Balaban J connectivity index is 1.76. The number of aromatic amines is 1. The second kappa shape index (κ2) is 7.84. The molecule has 5 N–H and O–H groups in total. The van der Waals surface area contributed by atoms with Crippen molar-refractivity contribution in [1.82, 2.24) is 9.55 Å². The first-order valence-corrected chi connectivity index (χ1v) is 13.1. The molecule has 15 nitrogen and oxygen atoms in total. The van der Waals surface area contributed by atoms with E-state index < -0.39 is 64.6 Å². The lowest BCUT2D eigenvalue weighted by atomic mass is 10.0. The van der Waals surface area contributed by atoms with Gasteiger partial charge in [-0.1, -0.05) is 0 Å². The molecule has 0 amide bonds. The Morgan fingerprint density at radius 3 is 2.34 bits per heavy atom. The van der Waals surface area contributed by atoms with E-state index in [1.165, 1.54) is 7.05 Å². The summed E-state index contributed by atoms with van der Waals surface area (Å²) in [6.45, 7) is -4.99. The molecule has 19 heteroatoms. The maximum atomic E-state index is 12.0. The predicted octanol–water partition coefficient (Wildman–Crippen LogP) is -1.26. The molecule has 164 valence electrons. The van der Waals surface area contributed by atoms with E-state index in [9.17, 15) is 38.7 Å². The van der Waals surface area contributed by atoms with Gasteiger partial charge >= 0.3 is 28.1 Å². The van der Waals surface area contributed by atoms with Crippen molar-refractivity contribution < 1.29 is 51.3 Å². The van der Waals surface area contributed by atoms with E-state index in [1.807, 2.05) is 4.98 Å². The lowest BCUT2D eigenvalue weighted by molar-refractivity contribution is -0.0203. The van der Waals surface area contributed by atoms with Crippen molar-refractivity contribution in [3.05, 3.63) is 32.6 Å². The van der Waals surface area contributed by atoms with Crippen LogP contribution in [0.5, 0.6) is 0 Å². The zero-order chi connectivity index (χ0) is 21.8. The predicted molar refractivity (Wildman–Crippen MR) is 95.1 cm³/mol. The van der Waals surface area contributed by atoms with E-state index in [2.05, 4.69) is 12.9 Å². The number of nitrogens with one attached hydrogen (secondary N) is 1. The molecule has 1 aromatic rings. The second-order valence-electron chi connectivity index (χ2n) is 5.96. The lowest BCUT2D eigenvalue weighted by Gasteiger charge is -2.30. The zero-order valence-corrected chi connectivity index (χ0v) is 17.8. The Morgan fingerprint density at radius 2 is 1.76 bits per heavy atom. The minimum absolute atomic E-state index is 0.165. The quantitative estimate of drug-likeness (QED) is 0.308. The second-order valence-corrected chi connectivity index (χ2v) is 12.3. The number of aromatic nitrogens is 2. The van der Waals surface area contributed by atoms with Crippen molar-refractivity contribution in [2.75, 3.05) is 6.61 Å². The normalized spacial score (nSPS) is 42.8. The van der Waals surface area contributed by atoms with Crippen LogP contribution in [-0.4, -0.2) is 54.5 Å². The SMILES string of the molecule is Cn1cc(C2OC(COP3(=S)OP(=O)(O)OP(=O)(O)O3)C(O)C2O)c(=O)[nH]c1=O. The highest BCUT2D eigenvalue weighted by Crippen LogP contribution is 2.80. The summed E-state index contributed by atoms with van der Waals surface area (Å²) in [5.74, 6) is 0. The molecule has 0 spiro atoms. The van der Waals surface area contributed by atoms with Crippen LogP contribution in [0, 0.1) is 0 Å². The molecule has 3 rings (SSSR count). The standard InChI is InChI=1S/C10H15N2O13P3S/c1-12-2-4(9(15)11-10(12)16)8-7(14)6(13)5(22-8)3-21-28(29)24-26(17,18)23-27(19,20)25-28/h2,5-8,13-14H,3H2,1H3,(H,17,18)(H,19,20)(H,11,15,16). The molecule has 2 fully saturated rings. The maximum Gasteiger partial charge on any atom is 0.488 e. The average molecular weight is 496 g/mol. The monoisotopic (exact) mass is 496 g/mol. The van der Waals surface area contributed by atoms with Gasteiger partial charge in [-0.15, -0.1) is 0 Å². The van der Waals surface area contributed by atoms with Crippen LogP contribution in [0.1, 0.15) is 11.7 Å². The van der Waals surface area contributed by atoms with Gasteiger partial charge in [0.15, 0.2) is 0 Å². The number of aliphatic hydroxyl groups excluding tert-OH is 2. The van der Waals surface area contributed by atoms with E-state index in [-0.39, 0.29) is 5.56 Å². The van der Waals surface area contributed by atoms with Gasteiger partial charge in [0.2, 0.25) is 0 Å². The number of ether oxygens (including phenoxy) is 1. The first-order valence-electron chi connectivity index (χ1n) is 7.58. The Labute approximate surface area is 166 Å². The van der Waals surface area contributed by atoms with Crippen LogP contribution in [0.25, 0.3) is 0 Å². The van der Waals surface area contributed by atoms with Crippen LogP contribution in [0.4, 0.5) is 0 Å². The van der Waals surface area contributed by atoms with Crippen LogP contribution in [0.3, 0.4) is 0 Å². The first kappa shape index (κ1) is 23.1. The number of aryl methyl sites for hydroxylation is 1. The van der Waals surface area contributed by atoms with Gasteiger partial charge in [-0.25, -0.2) is 22.5 Å². The Hall–Kier alpha value is -0.570. The lowest BCUT2D eigenvalue weighted by Crippen LogP contribution is -2.35. The number of hydrogen-bond donors (Lipinski definition) is 5. The van der Waals surface area contributed by atoms with Crippen molar-refractivity contribution in [2.24, 2.45) is 7.05 Å². The van der Waals surface area contributed by atoms with Gasteiger partial charge in [-0.3, -0.25) is 9.78 Å². The molecule has 1 aromatic heterocycles. The average Bonchev–Trinajstić information content (AvgIpc) is 2.81. The summed E-state index contributed by atoms with van der Waals surface area (Å²) >= 11 is 4.74. The van der Waals surface area contributed by atoms with E-state index in [1.54, 1.807) is 0 Å². The molecular formula is C10H15N2O13P3S. The Bertz CT molecular complexity index is 1040. The molecule has 0 saturated carbocycles. The fourth-order valence-electron chi connectivity index (χ4n) is 2.57. The third kappa shape index (κ3) is 5.02. The van der Waals surface area contributed by atoms with Crippen molar-refractivity contribution in [2.45, 2.75) is 24.4 Å². The number of hydrogen-bond acceptors (Lipinski definition) is 12. The van der Waals surface area contributed by atoms with E-state index in [4.69, 9.17) is 21.1 Å². The van der Waals surface area contributed by atoms with Gasteiger partial charge in [0, 0.05) is 13.2 Å². The molecule has 3 heterocycles. The highest BCUT2D eigenvalue weighted by Gasteiger charge is 2.52. The number of nitrogens with zero attached hydrogens (tertiary/aromatic N) is 1. The number of phosphoric acid groups is 2. The minimum atomic E-state index is -5.04. The summed E-state index contributed by atoms with van der Waals surface area (Å²) in [5, 5.41) is 20.3. The van der Waals surface area contributed by atoms with Gasteiger partial charge in [0.25, 0.3) is 5.56 Å². The van der Waals surface area contributed by atoms with Crippen LogP contribution >= 0.6 is 22.4 Å². The van der Waals surface area contributed by atoms with E-state index in [0.29, 0.717) is 0 Å². The molecule has 0 radical (unpaired) electrons. The molecule has 0 aliphatic carbocycles. The summed E-state index contributed by atoms with van der Waals surface area (Å²) in [6.07, 6.45) is -4.84. The Morgan fingerprint density at radius 1 is 1.17 bits per heavy atom. The molecule has 29 heavy (non-hydrogen) atoms. The van der Waals surface area contributed by atoms with Gasteiger partial charge in [-0.2, -0.15) is 4.31 Å². The largest absolute Gasteiger partial charge is 0.488 e. The van der Waals surface area contributed by atoms with Crippen LogP contribution in [0.15, 0.2) is 15.8 Å². The summed E-state index contributed by atoms with van der Waals surface area (Å²) in [4.78, 5) is 44.0. The summed E-state index contributed by atoms with van der Waals surface area (Å²) in [5.41, 5.74) is -1.72. The third-order valence-corrected chi connectivity index (χ3v) is 10.7. The Kier molecular flexibility index (Phi) is 6.25. The van der Waals surface area contributed by atoms with Crippen LogP contribution < -0.4 is 11.2 Å². The van der Waals surface area contributed by atoms with E-state index >= 15 is 0 Å². The molecular weight excluding hydrogens is 481 g/mol. The maximum absolute atomic E-state index is 12.0. The van der Waals surface area contributed by atoms with Crippen LogP contribution in [-0.2, 0) is 50.2 Å². The first-order chi connectivity index (χ1) is 13.2. The van der Waals surface area contributed by atoms with Crippen molar-refractivity contribution >= 4 is 34.2 Å². The highest BCUT2D eigenvalue weighted by atomic mass is 32.5. The third-order valence-electron chi connectivity index (χ3n) is 3.81. The molecule has 6 unspecified atom stereocenters. The minimum Gasteiger partial charge on any atom is -0.387 e. The topological polar surface area (TPSA) is 216 Å². The molecule has 2 aliphatic heterocycles. The van der Waals surface area contributed by atoms with Gasteiger partial charge in [0.05, 0.1) is 12.2 Å². The zero-order valence-electron chi connectivity index (χ0n) is 14.3. The molecule has 0 aromatic carbocycles. The molecule has 2 saturated heterocycles. The fraction of sp³-hybridized carbons (Fsp3) is 0.600. The number of aliphatic hydroxyl groups is 2.